The molecule has 12 heavy (non-hydrogen) atoms. The number of nitrogens with one attached hydrogen (secondary N) is 1. The molecule has 1 aromatic carbocycles. The Balaban J connectivity index is 0. The summed E-state index contributed by atoms with van der Waals surface area (Å²) in [4.78, 5) is 0. The van der Waals surface area contributed by atoms with Crippen molar-refractivity contribution in [2.24, 2.45) is 0 Å². The molecule has 0 aliphatic rings. The topological polar surface area (TPSA) is 12.0 Å². The molecule has 0 amide bonds. The van der Waals surface area contributed by atoms with E-state index in [0.717, 1.165) is 0 Å². The minimum atomic E-state index is -0.461. The first-order valence-electron chi connectivity index (χ1n) is 2.95. The molecule has 0 aliphatic carbocycles. The molecule has 4 heteroatoms. The van der Waals surface area contributed by atoms with Gasteiger partial charge in [-0.2, -0.15) is 0 Å². The van der Waals surface area contributed by atoms with Crippen LogP contribution in [0.1, 0.15) is 0 Å². The van der Waals surface area contributed by atoms with Gasteiger partial charge in [-0.15, -0.1) is 24.8 Å². The molecule has 0 aliphatic heterocycles. The zero-order valence-electron chi connectivity index (χ0n) is 7.02. The second-order valence-corrected chi connectivity index (χ2v) is 5.58. The van der Waals surface area contributed by atoms with Gasteiger partial charge >= 0.3 is 67.8 Å². The monoisotopic (exact) mass is 300 g/mol. The number of hydrogen-bond donors (Lipinski definition) is 1. The van der Waals surface area contributed by atoms with Crippen molar-refractivity contribution in [3.05, 3.63) is 30.3 Å². The Morgan fingerprint density at radius 2 is 1.50 bits per heavy atom. The van der Waals surface area contributed by atoms with Crippen LogP contribution in [0.15, 0.2) is 30.3 Å². The first kappa shape index (κ1) is 14.8. The van der Waals surface area contributed by atoms with Crippen LogP contribution >= 0.6 is 24.8 Å². The van der Waals surface area contributed by atoms with E-state index < -0.39 is 17.0 Å². The summed E-state index contributed by atoms with van der Waals surface area (Å²) in [6, 6.07) is 10.3. The van der Waals surface area contributed by atoms with Gasteiger partial charge in [0.25, 0.3) is 0 Å². The second-order valence-electron chi connectivity index (χ2n) is 2.08. The van der Waals surface area contributed by atoms with E-state index in [1.54, 1.807) is 0 Å². The molecule has 0 saturated heterocycles. The number of rotatable bonds is 2. The summed E-state index contributed by atoms with van der Waals surface area (Å²) in [5.74, 6) is 0. The summed E-state index contributed by atoms with van der Waals surface area (Å²) < 4.78 is 3.42. The third-order valence-corrected chi connectivity index (χ3v) is 2.25. The molecule has 1 nitrogen and oxygen atoms in total. The van der Waals surface area contributed by atoms with Crippen molar-refractivity contribution in [1.29, 1.82) is 0 Å². The van der Waals surface area contributed by atoms with Crippen LogP contribution < -0.4 is 3.95 Å². The molecule has 0 aromatic heterocycles. The molecule has 0 spiro atoms. The third kappa shape index (κ3) is 5.86. The van der Waals surface area contributed by atoms with Crippen LogP contribution in [0, 0.1) is 0 Å². The van der Waals surface area contributed by atoms with E-state index in [9.17, 15) is 0 Å². The number of para-hydroxylation sites is 1. The van der Waals surface area contributed by atoms with Crippen molar-refractivity contribution >= 4 is 30.5 Å². The summed E-state index contributed by atoms with van der Waals surface area (Å²) in [5, 5.41) is 4.50. The Bertz CT molecular complexity index is 192. The fraction of sp³-hybridized carbons (Fsp3) is 0.250. The molecule has 1 aromatic rings. The molecule has 0 saturated carbocycles. The summed E-state index contributed by atoms with van der Waals surface area (Å²) in [6.07, 6.45) is 0. The van der Waals surface area contributed by atoms with E-state index in [-0.39, 0.29) is 24.8 Å². The van der Waals surface area contributed by atoms with E-state index in [0.29, 0.717) is 0 Å². The van der Waals surface area contributed by atoms with E-state index in [2.05, 4.69) is 39.0 Å². The summed E-state index contributed by atoms with van der Waals surface area (Å²) in [6.45, 7) is 0. The second kappa shape index (κ2) is 7.89. The van der Waals surface area contributed by atoms with Gasteiger partial charge in [0.05, 0.1) is 0 Å². The van der Waals surface area contributed by atoms with Gasteiger partial charge in [0.1, 0.15) is 0 Å². The Kier molecular flexibility index (Phi) is 9.71. The Morgan fingerprint density at radius 3 is 1.92 bits per heavy atom. The van der Waals surface area contributed by atoms with Crippen molar-refractivity contribution in [3.8, 4) is 0 Å². The molecule has 0 unspecified atom stereocenters. The average Bonchev–Trinajstić information content (AvgIpc) is 1.88. The fourth-order valence-corrected chi connectivity index (χ4v) is 1.83. The Hall–Kier alpha value is 0.262. The molecule has 0 radical (unpaired) electrons. The van der Waals surface area contributed by atoms with Crippen LogP contribution in [0.2, 0.25) is 10.8 Å². The molecule has 0 heterocycles. The van der Waals surface area contributed by atoms with E-state index >= 15 is 0 Å². The van der Waals surface area contributed by atoms with Crippen LogP contribution in [-0.2, 0) is 17.0 Å². The zero-order valence-corrected chi connectivity index (χ0v) is 10.2. The average molecular weight is 302 g/mol. The van der Waals surface area contributed by atoms with Gasteiger partial charge in [0, 0.05) is 0 Å². The van der Waals surface area contributed by atoms with Gasteiger partial charge in [0.2, 0.25) is 0 Å². The van der Waals surface area contributed by atoms with Gasteiger partial charge < -0.3 is 0 Å². The first-order valence-corrected chi connectivity index (χ1v) is 6.84. The number of benzene rings is 1. The van der Waals surface area contributed by atoms with Crippen LogP contribution in [0.25, 0.3) is 0 Å². The molecule has 0 fully saturated rings. The van der Waals surface area contributed by atoms with E-state index in [1.807, 2.05) is 6.07 Å². The van der Waals surface area contributed by atoms with Crippen LogP contribution in [0.5, 0.6) is 0 Å². The van der Waals surface area contributed by atoms with Gasteiger partial charge in [-0.05, 0) is 0 Å². The van der Waals surface area contributed by atoms with Gasteiger partial charge in [-0.3, -0.25) is 0 Å². The SMILES string of the molecule is Cl.Cl.[CH3][Pd]([CH3])[NH]c1ccccc1. The number of hydrogen-bond acceptors (Lipinski definition) is 1. The fourth-order valence-electron chi connectivity index (χ4n) is 0.673. The third-order valence-electron chi connectivity index (χ3n) is 1.02. The molecule has 1 rings (SSSR count). The van der Waals surface area contributed by atoms with Gasteiger partial charge in [-0.25, -0.2) is 0 Å². The van der Waals surface area contributed by atoms with Crippen molar-refractivity contribution in [3.63, 3.8) is 0 Å². The van der Waals surface area contributed by atoms with Crippen LogP contribution in [0.4, 0.5) is 5.69 Å². The van der Waals surface area contributed by atoms with Crippen LogP contribution in [0.3, 0.4) is 0 Å². The van der Waals surface area contributed by atoms with Gasteiger partial charge in [0.15, 0.2) is 0 Å². The normalized spacial score (nSPS) is 9.00. The van der Waals surface area contributed by atoms with E-state index in [1.165, 1.54) is 5.69 Å². The first-order chi connectivity index (χ1) is 4.79. The van der Waals surface area contributed by atoms with Crippen molar-refractivity contribution in [2.45, 2.75) is 10.8 Å². The molecular formula is C8H14Cl2NPd. The molecule has 0 atom stereocenters. The van der Waals surface area contributed by atoms with Crippen molar-refractivity contribution < 1.29 is 17.0 Å². The molecule has 0 bridgehead atoms. The summed E-state index contributed by atoms with van der Waals surface area (Å²) >= 11 is -0.461. The molecule has 1 N–H and O–H groups in total. The van der Waals surface area contributed by atoms with Crippen molar-refractivity contribution in [1.82, 2.24) is 0 Å². The maximum atomic E-state index is 3.42. The number of anilines is 1. The van der Waals surface area contributed by atoms with Crippen molar-refractivity contribution in [2.75, 3.05) is 3.95 Å². The Morgan fingerprint density at radius 1 is 1.00 bits per heavy atom. The van der Waals surface area contributed by atoms with Gasteiger partial charge in [-0.1, -0.05) is 0 Å². The molecular weight excluding hydrogens is 287 g/mol. The predicted molar refractivity (Wildman–Crippen MR) is 56.3 cm³/mol. The standard InChI is InChI=1S/C6H6N.2CH3.2ClH.Pd/c7-6-4-2-1-3-5-6;;;;;/h1-5,7H;2*1H3;2*1H;/q-1;;;;;+1. The van der Waals surface area contributed by atoms with Crippen LogP contribution in [-0.4, -0.2) is 0 Å². The maximum absolute atomic E-state index is 3.42. The summed E-state index contributed by atoms with van der Waals surface area (Å²) in [7, 11) is 0. The minimum absolute atomic E-state index is 0. The number of halogens is 2. The van der Waals surface area contributed by atoms with E-state index in [4.69, 9.17) is 0 Å². The predicted octanol–water partition coefficient (Wildman–Crippen LogP) is 3.57. The Labute approximate surface area is 92.3 Å². The zero-order chi connectivity index (χ0) is 7.40. The summed E-state index contributed by atoms with van der Waals surface area (Å²) in [5.41, 5.74) is 1.24. The quantitative estimate of drug-likeness (QED) is 0.824. The molecule has 75 valence electrons.